The van der Waals surface area contributed by atoms with E-state index in [0.717, 1.165) is 48.8 Å². The average Bonchev–Trinajstić information content (AvgIpc) is 2.60. The number of aryl methyl sites for hydroxylation is 1. The van der Waals surface area contributed by atoms with Gasteiger partial charge in [0.15, 0.2) is 0 Å². The van der Waals surface area contributed by atoms with Crippen LogP contribution >= 0.6 is 0 Å². The Morgan fingerprint density at radius 2 is 2.12 bits per heavy atom. The van der Waals surface area contributed by atoms with E-state index in [1.165, 1.54) is 26.4 Å². The topological polar surface area (TPSA) is 48.0 Å². The molecule has 136 valence electrons. The van der Waals surface area contributed by atoms with Crippen molar-refractivity contribution in [2.24, 2.45) is 0 Å². The van der Waals surface area contributed by atoms with E-state index in [4.69, 9.17) is 14.2 Å². The van der Waals surface area contributed by atoms with E-state index in [1.54, 1.807) is 0 Å². The summed E-state index contributed by atoms with van der Waals surface area (Å²) < 4.78 is 17.2. The van der Waals surface area contributed by atoms with Crippen LogP contribution in [0, 0.1) is 0 Å². The predicted octanol–water partition coefficient (Wildman–Crippen LogP) is 3.05. The molecule has 2 heterocycles. The lowest BCUT2D eigenvalue weighted by molar-refractivity contribution is -0.231. The molecule has 1 saturated heterocycles. The molecule has 3 aliphatic rings. The summed E-state index contributed by atoms with van der Waals surface area (Å²) in [6, 6.07) is 6.97. The Bertz CT molecular complexity index is 633. The Balaban J connectivity index is 1.37. The van der Waals surface area contributed by atoms with Gasteiger partial charge in [0.1, 0.15) is 5.75 Å². The molecule has 0 N–H and O–H groups in total. The van der Waals surface area contributed by atoms with Crippen LogP contribution in [0.15, 0.2) is 18.2 Å². The van der Waals surface area contributed by atoms with Gasteiger partial charge in [0, 0.05) is 44.0 Å². The minimum atomic E-state index is -0.444. The number of methoxy groups -OCH3 is 1. The summed E-state index contributed by atoms with van der Waals surface area (Å²) in [5.41, 5.74) is 2.20. The smallest absolute Gasteiger partial charge is 0.305 e. The maximum atomic E-state index is 11.3. The van der Waals surface area contributed by atoms with Gasteiger partial charge in [0.25, 0.3) is 0 Å². The average molecular weight is 345 g/mol. The molecule has 2 fully saturated rings. The number of hydrogen-bond acceptors (Lipinski definition) is 5. The molecular formula is C20H27NO4. The van der Waals surface area contributed by atoms with Crippen LogP contribution in [0.5, 0.6) is 5.75 Å². The van der Waals surface area contributed by atoms with Crippen LogP contribution in [0.1, 0.15) is 49.7 Å². The van der Waals surface area contributed by atoms with Gasteiger partial charge < -0.3 is 14.2 Å². The number of fused-ring (bicyclic) bond motifs is 1. The molecule has 1 aromatic carbocycles. The highest BCUT2D eigenvalue weighted by Crippen LogP contribution is 2.39. The van der Waals surface area contributed by atoms with Gasteiger partial charge in [-0.3, -0.25) is 9.69 Å². The second-order valence-electron chi connectivity index (χ2n) is 7.44. The molecule has 0 aromatic heterocycles. The number of hydrogen-bond donors (Lipinski definition) is 0. The van der Waals surface area contributed by atoms with Gasteiger partial charge in [0.05, 0.1) is 13.7 Å². The van der Waals surface area contributed by atoms with Crippen molar-refractivity contribution >= 4 is 5.97 Å². The summed E-state index contributed by atoms with van der Waals surface area (Å²) in [6.07, 6.45) is 7.04. The molecule has 0 atom stereocenters. The minimum absolute atomic E-state index is 0.178. The number of nitrogens with zero attached hydrogens (tertiary/aromatic N) is 1. The van der Waals surface area contributed by atoms with Gasteiger partial charge in [0.2, 0.25) is 5.79 Å². The zero-order chi connectivity index (χ0) is 17.3. The fraction of sp³-hybridized carbons (Fsp3) is 0.650. The van der Waals surface area contributed by atoms with E-state index in [2.05, 4.69) is 11.0 Å². The molecule has 0 amide bonds. The predicted molar refractivity (Wildman–Crippen MR) is 93.4 cm³/mol. The van der Waals surface area contributed by atoms with Crippen molar-refractivity contribution in [3.05, 3.63) is 29.3 Å². The quantitative estimate of drug-likeness (QED) is 0.785. The summed E-state index contributed by atoms with van der Waals surface area (Å²) in [5, 5.41) is 0. The molecule has 25 heavy (non-hydrogen) atoms. The molecule has 1 spiro atoms. The first kappa shape index (κ1) is 16.9. The van der Waals surface area contributed by atoms with Crippen LogP contribution in [-0.4, -0.2) is 42.9 Å². The summed E-state index contributed by atoms with van der Waals surface area (Å²) in [7, 11) is 1.42. The standard InChI is InChI=1S/C20H27NO4/c1-23-19(22)8-6-15-5-7-18-16(13-15)14-24-20(25-18)9-11-21(12-10-20)17-3-2-4-17/h5,7,13,17H,2-4,6,8-12,14H2,1H3. The number of carbonyl (C=O) groups excluding carboxylic acids is 1. The van der Waals surface area contributed by atoms with Crippen LogP contribution in [0.4, 0.5) is 0 Å². The van der Waals surface area contributed by atoms with Crippen LogP contribution in [0.2, 0.25) is 0 Å². The Morgan fingerprint density at radius 3 is 2.80 bits per heavy atom. The molecule has 2 aliphatic heterocycles. The molecule has 1 saturated carbocycles. The highest BCUT2D eigenvalue weighted by atomic mass is 16.7. The third-order valence-corrected chi connectivity index (χ3v) is 5.91. The first-order valence-electron chi connectivity index (χ1n) is 9.43. The molecular weight excluding hydrogens is 318 g/mol. The fourth-order valence-electron chi connectivity index (χ4n) is 4.02. The molecule has 0 radical (unpaired) electrons. The van der Waals surface area contributed by atoms with Crippen molar-refractivity contribution < 1.29 is 19.0 Å². The zero-order valence-electron chi connectivity index (χ0n) is 15.0. The molecule has 1 aliphatic carbocycles. The van der Waals surface area contributed by atoms with Crippen LogP contribution in [0.3, 0.4) is 0 Å². The van der Waals surface area contributed by atoms with Gasteiger partial charge in [-0.2, -0.15) is 0 Å². The third kappa shape index (κ3) is 3.53. The maximum Gasteiger partial charge on any atom is 0.305 e. The fourth-order valence-corrected chi connectivity index (χ4v) is 4.02. The summed E-state index contributed by atoms with van der Waals surface area (Å²) >= 11 is 0. The van der Waals surface area contributed by atoms with E-state index >= 15 is 0 Å². The second-order valence-corrected chi connectivity index (χ2v) is 7.44. The number of likely N-dealkylation sites (tertiary alicyclic amines) is 1. The SMILES string of the molecule is COC(=O)CCc1ccc2c(c1)COC1(CCN(C3CCC3)CC1)O2. The number of ether oxygens (including phenoxy) is 3. The van der Waals surface area contributed by atoms with Gasteiger partial charge in [-0.1, -0.05) is 12.5 Å². The largest absolute Gasteiger partial charge is 0.469 e. The first-order valence-corrected chi connectivity index (χ1v) is 9.43. The van der Waals surface area contributed by atoms with Gasteiger partial charge in [-0.05, 0) is 37.0 Å². The van der Waals surface area contributed by atoms with Crippen LogP contribution < -0.4 is 4.74 Å². The molecule has 1 aromatic rings. The molecule has 5 heteroatoms. The van der Waals surface area contributed by atoms with Crippen molar-refractivity contribution in [1.82, 2.24) is 4.90 Å². The highest BCUT2D eigenvalue weighted by molar-refractivity contribution is 5.69. The van der Waals surface area contributed by atoms with E-state index in [9.17, 15) is 4.79 Å². The summed E-state index contributed by atoms with van der Waals surface area (Å²) in [4.78, 5) is 13.9. The zero-order valence-corrected chi connectivity index (χ0v) is 15.0. The minimum Gasteiger partial charge on any atom is -0.469 e. The molecule has 5 nitrogen and oxygen atoms in total. The van der Waals surface area contributed by atoms with Gasteiger partial charge >= 0.3 is 5.97 Å². The summed E-state index contributed by atoms with van der Waals surface area (Å²) in [5.74, 6) is 0.313. The number of esters is 1. The van der Waals surface area contributed by atoms with E-state index < -0.39 is 5.79 Å². The van der Waals surface area contributed by atoms with E-state index in [-0.39, 0.29) is 5.97 Å². The van der Waals surface area contributed by atoms with Crippen molar-refractivity contribution in [2.75, 3.05) is 20.2 Å². The van der Waals surface area contributed by atoms with Gasteiger partial charge in [-0.25, -0.2) is 0 Å². The summed E-state index contributed by atoms with van der Waals surface area (Å²) in [6.45, 7) is 2.72. The maximum absolute atomic E-state index is 11.3. The van der Waals surface area contributed by atoms with Gasteiger partial charge in [-0.15, -0.1) is 0 Å². The van der Waals surface area contributed by atoms with Crippen LogP contribution in [-0.2, 0) is 27.3 Å². The lowest BCUT2D eigenvalue weighted by Crippen LogP contribution is -2.54. The molecule has 0 bridgehead atoms. The second kappa shape index (κ2) is 6.96. The van der Waals surface area contributed by atoms with E-state index in [1.807, 2.05) is 12.1 Å². The number of carbonyl (C=O) groups is 1. The first-order chi connectivity index (χ1) is 12.2. The highest BCUT2D eigenvalue weighted by Gasteiger charge is 2.42. The lowest BCUT2D eigenvalue weighted by Gasteiger charge is -2.47. The Kier molecular flexibility index (Phi) is 4.69. The Morgan fingerprint density at radius 1 is 1.32 bits per heavy atom. The van der Waals surface area contributed by atoms with Crippen molar-refractivity contribution in [2.45, 2.75) is 63.4 Å². The lowest BCUT2D eigenvalue weighted by atomic mass is 9.89. The van der Waals surface area contributed by atoms with Crippen LogP contribution in [0.25, 0.3) is 0 Å². The Labute approximate surface area is 149 Å². The van der Waals surface area contributed by atoms with E-state index in [0.29, 0.717) is 19.4 Å². The van der Waals surface area contributed by atoms with Crippen molar-refractivity contribution in [3.8, 4) is 5.75 Å². The number of benzene rings is 1. The van der Waals surface area contributed by atoms with Crippen molar-refractivity contribution in [1.29, 1.82) is 0 Å². The Hall–Kier alpha value is -1.59. The third-order valence-electron chi connectivity index (χ3n) is 5.91. The molecule has 4 rings (SSSR count). The number of piperidine rings is 1. The normalized spacial score (nSPS) is 22.8. The molecule has 0 unspecified atom stereocenters. The number of rotatable bonds is 4. The van der Waals surface area contributed by atoms with Crippen molar-refractivity contribution in [3.63, 3.8) is 0 Å². The monoisotopic (exact) mass is 345 g/mol.